The molecule has 25 heavy (non-hydrogen) atoms. The Morgan fingerprint density at radius 3 is 2.44 bits per heavy atom. The summed E-state index contributed by atoms with van der Waals surface area (Å²) in [6, 6.07) is 4.49. The summed E-state index contributed by atoms with van der Waals surface area (Å²) < 4.78 is 31.5. The summed E-state index contributed by atoms with van der Waals surface area (Å²) in [4.78, 5) is 14.7. The van der Waals surface area contributed by atoms with E-state index >= 15 is 0 Å². The minimum atomic E-state index is -3.66. The molecule has 0 N–H and O–H groups in total. The number of carbonyl (C=O) groups is 1. The highest BCUT2D eigenvalue weighted by molar-refractivity contribution is 7.92. The molecule has 1 aliphatic heterocycles. The highest BCUT2D eigenvalue weighted by Crippen LogP contribution is 2.33. The van der Waals surface area contributed by atoms with Crippen LogP contribution in [0.15, 0.2) is 18.2 Å². The number of rotatable bonds is 5. The van der Waals surface area contributed by atoms with Gasteiger partial charge in [0.15, 0.2) is 0 Å². The number of benzene rings is 1. The normalized spacial score (nSPS) is 17.2. The maximum absolute atomic E-state index is 12.9. The van der Waals surface area contributed by atoms with Gasteiger partial charge in [-0.3, -0.25) is 9.10 Å². The predicted molar refractivity (Wildman–Crippen MR) is 99.5 cm³/mol. The average Bonchev–Trinajstić information content (AvgIpc) is 2.54. The first kappa shape index (κ1) is 19.6. The van der Waals surface area contributed by atoms with E-state index in [4.69, 9.17) is 4.74 Å². The van der Waals surface area contributed by atoms with E-state index in [1.165, 1.54) is 11.4 Å². The van der Waals surface area contributed by atoms with E-state index in [9.17, 15) is 13.2 Å². The predicted octanol–water partition coefficient (Wildman–Crippen LogP) is 2.42. The maximum atomic E-state index is 12.9. The number of amides is 1. The van der Waals surface area contributed by atoms with Crippen LogP contribution in [-0.4, -0.2) is 51.7 Å². The topological polar surface area (TPSA) is 66.9 Å². The zero-order valence-electron chi connectivity index (χ0n) is 15.7. The molecule has 0 radical (unpaired) electrons. The van der Waals surface area contributed by atoms with Gasteiger partial charge in [-0.15, -0.1) is 0 Å². The van der Waals surface area contributed by atoms with Crippen LogP contribution in [0.25, 0.3) is 0 Å². The van der Waals surface area contributed by atoms with Crippen molar-refractivity contribution < 1.29 is 17.9 Å². The highest BCUT2D eigenvalue weighted by Gasteiger charge is 2.34. The number of methoxy groups -OCH3 is 1. The Bertz CT molecular complexity index is 725. The second-order valence-electron chi connectivity index (χ2n) is 6.92. The molecule has 2 rings (SSSR count). The zero-order valence-corrected chi connectivity index (χ0v) is 16.5. The fraction of sp³-hybridized carbons (Fsp3) is 0.611. The maximum Gasteiger partial charge on any atom is 0.246 e. The monoisotopic (exact) mass is 368 g/mol. The first-order valence-corrected chi connectivity index (χ1v) is 10.4. The molecule has 0 bridgehead atoms. The van der Waals surface area contributed by atoms with E-state index in [1.807, 2.05) is 13.0 Å². The van der Waals surface area contributed by atoms with Crippen molar-refractivity contribution in [2.45, 2.75) is 39.7 Å². The fourth-order valence-corrected chi connectivity index (χ4v) is 4.40. The van der Waals surface area contributed by atoms with Crippen molar-refractivity contribution in [3.05, 3.63) is 23.8 Å². The molecule has 0 unspecified atom stereocenters. The number of carbonyl (C=O) groups excluding carboxylic acids is 1. The number of likely N-dealkylation sites (tertiary alicyclic amines) is 1. The van der Waals surface area contributed by atoms with Gasteiger partial charge in [0, 0.05) is 13.1 Å². The summed E-state index contributed by atoms with van der Waals surface area (Å²) in [5.41, 5.74) is 1.30. The molecule has 1 aromatic carbocycles. The zero-order chi connectivity index (χ0) is 18.8. The Labute approximate surface area is 150 Å². The summed E-state index contributed by atoms with van der Waals surface area (Å²) in [5, 5.41) is 0. The Morgan fingerprint density at radius 2 is 1.92 bits per heavy atom. The van der Waals surface area contributed by atoms with Crippen molar-refractivity contribution in [2.24, 2.45) is 5.92 Å². The van der Waals surface area contributed by atoms with Crippen molar-refractivity contribution in [3.8, 4) is 5.75 Å². The lowest BCUT2D eigenvalue weighted by Crippen LogP contribution is -2.51. The highest BCUT2D eigenvalue weighted by atomic mass is 32.2. The molecule has 0 spiro atoms. The van der Waals surface area contributed by atoms with Crippen molar-refractivity contribution in [2.75, 3.05) is 30.8 Å². The number of nitrogens with zero attached hydrogens (tertiary/aromatic N) is 2. The lowest BCUT2D eigenvalue weighted by Gasteiger charge is -2.36. The molecule has 7 heteroatoms. The standard InChI is InChI=1S/C18H28N2O4S/c1-13-8-10-19(11-9-13)18(21)15(3)20(25(5,22)23)16-12-14(2)6-7-17(16)24-4/h6-7,12-13,15H,8-11H2,1-5H3/t15-/m0/s1. The van der Waals surface area contributed by atoms with E-state index in [0.717, 1.165) is 24.7 Å². The van der Waals surface area contributed by atoms with E-state index in [-0.39, 0.29) is 5.91 Å². The molecule has 0 saturated carbocycles. The van der Waals surface area contributed by atoms with E-state index < -0.39 is 16.1 Å². The Hall–Kier alpha value is -1.76. The third-order valence-corrected chi connectivity index (χ3v) is 5.96. The van der Waals surface area contributed by atoms with Crippen LogP contribution in [0, 0.1) is 12.8 Å². The number of anilines is 1. The van der Waals surface area contributed by atoms with Gasteiger partial charge in [0.25, 0.3) is 0 Å². The van der Waals surface area contributed by atoms with Crippen molar-refractivity contribution in [3.63, 3.8) is 0 Å². The third-order valence-electron chi connectivity index (χ3n) is 4.73. The average molecular weight is 368 g/mol. The summed E-state index contributed by atoms with van der Waals surface area (Å²) in [5.74, 6) is 0.867. The molecule has 0 aliphatic carbocycles. The number of sulfonamides is 1. The quantitative estimate of drug-likeness (QED) is 0.800. The second-order valence-corrected chi connectivity index (χ2v) is 8.78. The van der Waals surface area contributed by atoms with Crippen LogP contribution in [0.5, 0.6) is 5.75 Å². The van der Waals surface area contributed by atoms with Gasteiger partial charge in [-0.25, -0.2) is 8.42 Å². The van der Waals surface area contributed by atoms with Crippen molar-refractivity contribution in [1.82, 2.24) is 4.90 Å². The van der Waals surface area contributed by atoms with E-state index in [0.29, 0.717) is 30.4 Å². The molecule has 1 saturated heterocycles. The van der Waals surface area contributed by atoms with Gasteiger partial charge in [-0.05, 0) is 50.3 Å². The van der Waals surface area contributed by atoms with Gasteiger partial charge < -0.3 is 9.64 Å². The summed E-state index contributed by atoms with van der Waals surface area (Å²) >= 11 is 0. The Kier molecular flexibility index (Phi) is 5.98. The van der Waals surface area contributed by atoms with Crippen molar-refractivity contribution >= 4 is 21.6 Å². The molecule has 6 nitrogen and oxygen atoms in total. The molecule has 1 aliphatic rings. The number of hydrogen-bond donors (Lipinski definition) is 0. The van der Waals surface area contributed by atoms with Crippen molar-refractivity contribution in [1.29, 1.82) is 0 Å². The SMILES string of the molecule is COc1ccc(C)cc1N([C@@H](C)C(=O)N1CCC(C)CC1)S(C)(=O)=O. The van der Waals surface area contributed by atoms with Crippen LogP contribution in [0.2, 0.25) is 0 Å². The van der Waals surface area contributed by atoms with Crippen LogP contribution >= 0.6 is 0 Å². The third kappa shape index (κ3) is 4.45. The molecule has 140 valence electrons. The van der Waals surface area contributed by atoms with Crippen LogP contribution in [0.1, 0.15) is 32.3 Å². The number of piperidine rings is 1. The summed E-state index contributed by atoms with van der Waals surface area (Å²) in [6.07, 6.45) is 3.02. The van der Waals surface area contributed by atoms with E-state index in [2.05, 4.69) is 6.92 Å². The van der Waals surface area contributed by atoms with Gasteiger partial charge in [0.05, 0.1) is 19.1 Å². The fourth-order valence-electron chi connectivity index (χ4n) is 3.24. The van der Waals surface area contributed by atoms with Gasteiger partial charge >= 0.3 is 0 Å². The Balaban J connectivity index is 2.38. The molecular formula is C18H28N2O4S. The van der Waals surface area contributed by atoms with Crippen LogP contribution in [-0.2, 0) is 14.8 Å². The molecule has 1 amide bonds. The minimum absolute atomic E-state index is 0.166. The van der Waals surface area contributed by atoms with E-state index in [1.54, 1.807) is 24.0 Å². The van der Waals surface area contributed by atoms with Crippen LogP contribution in [0.3, 0.4) is 0 Å². The molecule has 1 aromatic rings. The largest absolute Gasteiger partial charge is 0.495 e. The number of ether oxygens (including phenoxy) is 1. The minimum Gasteiger partial charge on any atom is -0.495 e. The number of aryl methyl sites for hydroxylation is 1. The molecule has 0 aromatic heterocycles. The molecule has 1 atom stereocenters. The number of hydrogen-bond acceptors (Lipinski definition) is 4. The molecule has 1 heterocycles. The summed E-state index contributed by atoms with van der Waals surface area (Å²) in [6.45, 7) is 7.04. The molecule has 1 fully saturated rings. The first-order valence-electron chi connectivity index (χ1n) is 8.58. The van der Waals surface area contributed by atoms with Gasteiger partial charge in [0.1, 0.15) is 11.8 Å². The summed E-state index contributed by atoms with van der Waals surface area (Å²) in [7, 11) is -2.16. The van der Waals surface area contributed by atoms with Gasteiger partial charge in [0.2, 0.25) is 15.9 Å². The Morgan fingerprint density at radius 1 is 1.32 bits per heavy atom. The smallest absolute Gasteiger partial charge is 0.246 e. The second kappa shape index (κ2) is 7.64. The lowest BCUT2D eigenvalue weighted by molar-refractivity contribution is -0.133. The van der Waals surface area contributed by atoms with Gasteiger partial charge in [-0.1, -0.05) is 13.0 Å². The first-order chi connectivity index (χ1) is 11.6. The molecular weight excluding hydrogens is 340 g/mol. The van der Waals surface area contributed by atoms with Crippen LogP contribution < -0.4 is 9.04 Å². The lowest BCUT2D eigenvalue weighted by atomic mass is 9.99. The van der Waals surface area contributed by atoms with Gasteiger partial charge in [-0.2, -0.15) is 0 Å². The van der Waals surface area contributed by atoms with Crippen LogP contribution in [0.4, 0.5) is 5.69 Å².